The van der Waals surface area contributed by atoms with Gasteiger partial charge in [0.2, 0.25) is 0 Å². The van der Waals surface area contributed by atoms with Crippen molar-refractivity contribution in [3.8, 4) is 6.07 Å². The lowest BCUT2D eigenvalue weighted by Gasteiger charge is -2.29. The lowest BCUT2D eigenvalue weighted by Crippen LogP contribution is -2.24. The fourth-order valence-electron chi connectivity index (χ4n) is 3.10. The van der Waals surface area contributed by atoms with Crippen LogP contribution in [-0.2, 0) is 4.74 Å². The zero-order valence-corrected chi connectivity index (χ0v) is 13.2. The van der Waals surface area contributed by atoms with Gasteiger partial charge in [0.1, 0.15) is 0 Å². The Morgan fingerprint density at radius 2 is 1.86 bits per heavy atom. The highest BCUT2D eigenvalue weighted by Crippen LogP contribution is 2.30. The first-order chi connectivity index (χ1) is 10.3. The molecular formula is C19H27NO. The number of rotatable bonds is 7. The molecule has 1 heterocycles. The lowest BCUT2D eigenvalue weighted by atomic mass is 9.89. The minimum atomic E-state index is 0.473. The van der Waals surface area contributed by atoms with Gasteiger partial charge in [-0.2, -0.15) is 5.26 Å². The predicted molar refractivity (Wildman–Crippen MR) is 86.2 cm³/mol. The van der Waals surface area contributed by atoms with Crippen LogP contribution in [0.1, 0.15) is 75.3 Å². The molecule has 0 N–H and O–H groups in total. The number of nitriles is 1. The summed E-state index contributed by atoms with van der Waals surface area (Å²) in [4.78, 5) is 0. The number of nitrogens with zero attached hydrogens (tertiary/aromatic N) is 1. The van der Waals surface area contributed by atoms with E-state index in [0.29, 0.717) is 12.0 Å². The van der Waals surface area contributed by atoms with Crippen molar-refractivity contribution in [1.82, 2.24) is 0 Å². The molecule has 0 amide bonds. The van der Waals surface area contributed by atoms with Crippen LogP contribution in [0.15, 0.2) is 24.3 Å². The molecule has 0 aromatic heterocycles. The van der Waals surface area contributed by atoms with Gasteiger partial charge in [0, 0.05) is 5.92 Å². The molecule has 1 aliphatic rings. The molecule has 2 atom stereocenters. The van der Waals surface area contributed by atoms with Crippen molar-refractivity contribution in [2.45, 2.75) is 70.3 Å². The van der Waals surface area contributed by atoms with Gasteiger partial charge in [-0.15, -0.1) is 0 Å². The third kappa shape index (κ3) is 5.17. The Morgan fingerprint density at radius 3 is 2.48 bits per heavy atom. The van der Waals surface area contributed by atoms with Crippen molar-refractivity contribution in [3.63, 3.8) is 0 Å². The summed E-state index contributed by atoms with van der Waals surface area (Å²) in [5.74, 6) is 0.508. The zero-order valence-electron chi connectivity index (χ0n) is 13.2. The molecule has 114 valence electrons. The number of unbranched alkanes of at least 4 members (excludes halogenated alkanes) is 4. The second kappa shape index (κ2) is 8.85. The van der Waals surface area contributed by atoms with Crippen LogP contribution in [0.4, 0.5) is 0 Å². The normalized spacial score (nSPS) is 21.9. The topological polar surface area (TPSA) is 33.0 Å². The zero-order chi connectivity index (χ0) is 14.9. The molecule has 2 unspecified atom stereocenters. The average molecular weight is 285 g/mol. The first kappa shape index (κ1) is 16.0. The Balaban J connectivity index is 1.69. The van der Waals surface area contributed by atoms with Crippen LogP contribution < -0.4 is 0 Å². The molecule has 21 heavy (non-hydrogen) atoms. The molecule has 0 radical (unpaired) electrons. The molecule has 1 aromatic rings. The summed E-state index contributed by atoms with van der Waals surface area (Å²) in [7, 11) is 0. The number of hydrogen-bond donors (Lipinski definition) is 0. The van der Waals surface area contributed by atoms with E-state index in [0.717, 1.165) is 12.2 Å². The highest BCUT2D eigenvalue weighted by molar-refractivity contribution is 5.33. The van der Waals surface area contributed by atoms with Gasteiger partial charge in [-0.1, -0.05) is 51.2 Å². The van der Waals surface area contributed by atoms with Crippen LogP contribution >= 0.6 is 0 Å². The van der Waals surface area contributed by atoms with Crippen molar-refractivity contribution >= 4 is 0 Å². The monoisotopic (exact) mass is 285 g/mol. The summed E-state index contributed by atoms with van der Waals surface area (Å²) in [6.07, 6.45) is 10.8. The summed E-state index contributed by atoms with van der Waals surface area (Å²) in [6, 6.07) is 10.2. The highest BCUT2D eigenvalue weighted by atomic mass is 16.5. The molecule has 0 spiro atoms. The predicted octanol–water partition coefficient (Wildman–Crippen LogP) is 5.18. The van der Waals surface area contributed by atoms with Crippen LogP contribution in [-0.4, -0.2) is 12.7 Å². The van der Waals surface area contributed by atoms with Crippen molar-refractivity contribution in [3.05, 3.63) is 35.4 Å². The quantitative estimate of drug-likeness (QED) is 0.646. The SMILES string of the molecule is CCCCCCCC1CCC(c2ccc(C#N)cc2)CO1. The summed E-state index contributed by atoms with van der Waals surface area (Å²) in [6.45, 7) is 3.10. The maximum atomic E-state index is 8.84. The van der Waals surface area contributed by atoms with Crippen LogP contribution in [0.5, 0.6) is 0 Å². The number of hydrogen-bond acceptors (Lipinski definition) is 2. The molecule has 1 saturated heterocycles. The molecule has 1 aromatic carbocycles. The molecule has 0 bridgehead atoms. The van der Waals surface area contributed by atoms with Crippen molar-refractivity contribution in [2.24, 2.45) is 0 Å². The minimum absolute atomic E-state index is 0.473. The van der Waals surface area contributed by atoms with E-state index in [-0.39, 0.29) is 0 Å². The Hall–Kier alpha value is -1.33. The summed E-state index contributed by atoms with van der Waals surface area (Å²) in [5.41, 5.74) is 2.05. The molecule has 0 aliphatic carbocycles. The van der Waals surface area contributed by atoms with Crippen molar-refractivity contribution in [2.75, 3.05) is 6.61 Å². The van der Waals surface area contributed by atoms with E-state index in [1.807, 2.05) is 12.1 Å². The van der Waals surface area contributed by atoms with E-state index < -0.39 is 0 Å². The van der Waals surface area contributed by atoms with Gasteiger partial charge in [-0.25, -0.2) is 0 Å². The summed E-state index contributed by atoms with van der Waals surface area (Å²) >= 11 is 0. The maximum absolute atomic E-state index is 8.84. The smallest absolute Gasteiger partial charge is 0.0991 e. The van der Waals surface area contributed by atoms with Gasteiger partial charge >= 0.3 is 0 Å². The maximum Gasteiger partial charge on any atom is 0.0991 e. The van der Waals surface area contributed by atoms with E-state index in [4.69, 9.17) is 10.00 Å². The van der Waals surface area contributed by atoms with Gasteiger partial charge in [-0.3, -0.25) is 0 Å². The van der Waals surface area contributed by atoms with E-state index in [2.05, 4.69) is 25.1 Å². The fraction of sp³-hybridized carbons (Fsp3) is 0.632. The molecule has 2 heteroatoms. The van der Waals surface area contributed by atoms with Crippen molar-refractivity contribution < 1.29 is 4.74 Å². The third-order valence-electron chi connectivity index (χ3n) is 4.51. The largest absolute Gasteiger partial charge is 0.378 e. The standard InChI is InChI=1S/C19H27NO/c1-2-3-4-5-6-7-19-13-12-18(15-21-19)17-10-8-16(14-20)9-11-17/h8-11,18-19H,2-7,12-13,15H2,1H3. The third-order valence-corrected chi connectivity index (χ3v) is 4.51. The van der Waals surface area contributed by atoms with E-state index in [1.54, 1.807) is 0 Å². The highest BCUT2D eigenvalue weighted by Gasteiger charge is 2.22. The van der Waals surface area contributed by atoms with Crippen molar-refractivity contribution in [1.29, 1.82) is 5.26 Å². The summed E-state index contributed by atoms with van der Waals surface area (Å²) < 4.78 is 6.04. The Kier molecular flexibility index (Phi) is 6.76. The lowest BCUT2D eigenvalue weighted by molar-refractivity contribution is -0.00213. The van der Waals surface area contributed by atoms with Gasteiger partial charge in [0.05, 0.1) is 24.3 Å². The van der Waals surface area contributed by atoms with Crippen LogP contribution in [0.3, 0.4) is 0 Å². The molecule has 1 aliphatic heterocycles. The molecule has 1 fully saturated rings. The van der Waals surface area contributed by atoms with Gasteiger partial charge < -0.3 is 4.74 Å². The Bertz CT molecular complexity index is 438. The average Bonchev–Trinajstić information content (AvgIpc) is 2.55. The molecular weight excluding hydrogens is 258 g/mol. The second-order valence-electron chi connectivity index (χ2n) is 6.17. The summed E-state index contributed by atoms with van der Waals surface area (Å²) in [5, 5.41) is 8.84. The van der Waals surface area contributed by atoms with E-state index in [9.17, 15) is 0 Å². The van der Waals surface area contributed by atoms with Crippen LogP contribution in [0.25, 0.3) is 0 Å². The van der Waals surface area contributed by atoms with E-state index in [1.165, 1.54) is 56.9 Å². The van der Waals surface area contributed by atoms with Crippen LogP contribution in [0, 0.1) is 11.3 Å². The number of ether oxygens (including phenoxy) is 1. The fourth-order valence-corrected chi connectivity index (χ4v) is 3.10. The molecule has 2 nitrogen and oxygen atoms in total. The second-order valence-corrected chi connectivity index (χ2v) is 6.17. The minimum Gasteiger partial charge on any atom is -0.378 e. The van der Waals surface area contributed by atoms with Gasteiger partial charge in [0.15, 0.2) is 0 Å². The van der Waals surface area contributed by atoms with Crippen LogP contribution in [0.2, 0.25) is 0 Å². The first-order valence-corrected chi connectivity index (χ1v) is 8.45. The first-order valence-electron chi connectivity index (χ1n) is 8.45. The molecule has 2 rings (SSSR count). The van der Waals surface area contributed by atoms with E-state index >= 15 is 0 Å². The van der Waals surface area contributed by atoms with Gasteiger partial charge in [-0.05, 0) is 37.0 Å². The van der Waals surface area contributed by atoms with Gasteiger partial charge in [0.25, 0.3) is 0 Å². The Labute approximate surface area is 129 Å². The number of benzene rings is 1. The molecule has 0 saturated carbocycles. The Morgan fingerprint density at radius 1 is 1.10 bits per heavy atom.